The monoisotopic (exact) mass is 546 g/mol. The normalized spacial score (nSPS) is 12.7. The molecule has 0 aliphatic rings. The van der Waals surface area contributed by atoms with Gasteiger partial charge in [-0.15, -0.1) is 0 Å². The second-order valence-corrected chi connectivity index (χ2v) is 11.0. The smallest absolute Gasteiger partial charge is 0.306 e. The Morgan fingerprint density at radius 2 is 1.10 bits per heavy atom. The molecule has 4 nitrogen and oxygen atoms in total. The molecule has 0 fully saturated rings. The van der Waals surface area contributed by atoms with Crippen LogP contribution in [0.25, 0.3) is 0 Å². The fourth-order valence-corrected chi connectivity index (χ4v) is 4.58. The highest BCUT2D eigenvalue weighted by atomic mass is 16.5. The van der Waals surface area contributed by atoms with Crippen LogP contribution < -0.4 is 0 Å². The number of aliphatic carboxylic acids is 1. The second kappa shape index (κ2) is 30.7. The van der Waals surface area contributed by atoms with Gasteiger partial charge in [-0.1, -0.05) is 121 Å². The summed E-state index contributed by atoms with van der Waals surface area (Å²) in [7, 11) is 0. The molecule has 1 atom stereocenters. The molecule has 1 unspecified atom stereocenters. The molecule has 0 radical (unpaired) electrons. The lowest BCUT2D eigenvalue weighted by Gasteiger charge is -2.15. The number of esters is 1. The molecule has 0 aromatic heterocycles. The van der Waals surface area contributed by atoms with E-state index in [0.29, 0.717) is 6.42 Å². The van der Waals surface area contributed by atoms with Gasteiger partial charge >= 0.3 is 11.9 Å². The highest BCUT2D eigenvalue weighted by molar-refractivity contribution is 5.69. The first kappa shape index (κ1) is 37.2. The lowest BCUT2D eigenvalue weighted by molar-refractivity contribution is -0.147. The average Bonchev–Trinajstić information content (AvgIpc) is 2.91. The van der Waals surface area contributed by atoms with Crippen LogP contribution in [0.3, 0.4) is 0 Å². The number of hydrogen-bond donors (Lipinski definition) is 1. The van der Waals surface area contributed by atoms with E-state index in [4.69, 9.17) is 9.84 Å². The van der Waals surface area contributed by atoms with Crippen molar-refractivity contribution in [1.29, 1.82) is 0 Å². The van der Waals surface area contributed by atoms with Gasteiger partial charge in [0.05, 0.1) is 0 Å². The average molecular weight is 547 g/mol. The summed E-state index contributed by atoms with van der Waals surface area (Å²) in [6.45, 7) is 4.47. The highest BCUT2D eigenvalue weighted by Gasteiger charge is 2.11. The van der Waals surface area contributed by atoms with Crippen molar-refractivity contribution in [3.8, 4) is 0 Å². The SMILES string of the molecule is CCCC/C=C\C/C=C\CCCCCCCC(=O)OC(/C=C\CCCCCCCC)CCCCCCC(=O)O. The number of carboxylic acid groups (broad SMARTS) is 1. The predicted octanol–water partition coefficient (Wildman–Crippen LogP) is 11.1. The largest absolute Gasteiger partial charge is 0.481 e. The molecule has 0 aromatic rings. The van der Waals surface area contributed by atoms with Crippen LogP contribution in [-0.2, 0) is 14.3 Å². The first-order chi connectivity index (χ1) is 19.1. The number of rotatable bonds is 29. The Bertz CT molecular complexity index is 635. The summed E-state index contributed by atoms with van der Waals surface area (Å²) < 4.78 is 5.83. The van der Waals surface area contributed by atoms with Crippen molar-refractivity contribution in [1.82, 2.24) is 0 Å². The van der Waals surface area contributed by atoms with Crippen LogP contribution in [0.2, 0.25) is 0 Å². The Hall–Kier alpha value is -1.84. The standard InChI is InChI=1S/C35H62O4/c1-3-5-7-9-11-13-14-15-16-17-18-20-22-28-32-35(38)39-33(30-26-23-24-27-31-34(36)37)29-25-21-19-12-10-8-6-4-2/h9,11,14-15,25,29,33H,3-8,10,12-13,16-24,26-28,30-32H2,1-2H3,(H,36,37)/b11-9-,15-14-,29-25-. The number of carbonyl (C=O) groups excluding carboxylic acids is 1. The van der Waals surface area contributed by atoms with Crippen LogP contribution >= 0.6 is 0 Å². The quantitative estimate of drug-likeness (QED) is 0.0575. The zero-order valence-corrected chi connectivity index (χ0v) is 25.7. The number of carboxylic acids is 1. The maximum atomic E-state index is 12.5. The molecule has 4 heteroatoms. The first-order valence-corrected chi connectivity index (χ1v) is 16.5. The molecule has 0 aliphatic carbocycles. The van der Waals surface area contributed by atoms with E-state index in [1.807, 2.05) is 0 Å². The predicted molar refractivity (Wildman–Crippen MR) is 167 cm³/mol. The molecule has 226 valence electrons. The molecule has 0 saturated heterocycles. The number of hydrogen-bond acceptors (Lipinski definition) is 3. The Kier molecular flexibility index (Phi) is 29.2. The van der Waals surface area contributed by atoms with E-state index in [0.717, 1.165) is 64.2 Å². The maximum absolute atomic E-state index is 12.5. The highest BCUT2D eigenvalue weighted by Crippen LogP contribution is 2.15. The maximum Gasteiger partial charge on any atom is 0.306 e. The third-order valence-corrected chi connectivity index (χ3v) is 7.07. The third-order valence-electron chi connectivity index (χ3n) is 7.07. The van der Waals surface area contributed by atoms with E-state index in [1.54, 1.807) is 0 Å². The van der Waals surface area contributed by atoms with Crippen LogP contribution in [0.1, 0.15) is 168 Å². The van der Waals surface area contributed by atoms with Crippen LogP contribution in [-0.4, -0.2) is 23.1 Å². The molecule has 0 saturated carbocycles. The van der Waals surface area contributed by atoms with Gasteiger partial charge in [-0.2, -0.15) is 0 Å². The molecule has 0 bridgehead atoms. The summed E-state index contributed by atoms with van der Waals surface area (Å²) >= 11 is 0. The fraction of sp³-hybridized carbons (Fsp3) is 0.771. The van der Waals surface area contributed by atoms with Gasteiger partial charge in [-0.25, -0.2) is 0 Å². The first-order valence-electron chi connectivity index (χ1n) is 16.5. The molecular weight excluding hydrogens is 484 g/mol. The summed E-state index contributed by atoms with van der Waals surface area (Å²) in [6.07, 6.45) is 38.7. The number of ether oxygens (including phenoxy) is 1. The minimum absolute atomic E-state index is 0.0787. The zero-order chi connectivity index (χ0) is 28.7. The van der Waals surface area contributed by atoms with Crippen LogP contribution in [0.4, 0.5) is 0 Å². The number of carbonyl (C=O) groups is 2. The van der Waals surface area contributed by atoms with E-state index in [2.05, 4.69) is 50.3 Å². The topological polar surface area (TPSA) is 63.6 Å². The molecule has 0 heterocycles. The van der Waals surface area contributed by atoms with Gasteiger partial charge in [0.1, 0.15) is 6.10 Å². The van der Waals surface area contributed by atoms with Crippen molar-refractivity contribution in [2.75, 3.05) is 0 Å². The van der Waals surface area contributed by atoms with Gasteiger partial charge in [-0.3, -0.25) is 9.59 Å². The minimum atomic E-state index is -0.725. The Morgan fingerprint density at radius 1 is 0.590 bits per heavy atom. The van der Waals surface area contributed by atoms with Crippen LogP contribution in [0, 0.1) is 0 Å². The van der Waals surface area contributed by atoms with E-state index in [1.165, 1.54) is 77.0 Å². The van der Waals surface area contributed by atoms with Gasteiger partial charge in [-0.05, 0) is 70.3 Å². The zero-order valence-electron chi connectivity index (χ0n) is 25.7. The molecule has 1 N–H and O–H groups in total. The number of allylic oxidation sites excluding steroid dienone is 5. The third kappa shape index (κ3) is 30.6. The summed E-state index contributed by atoms with van der Waals surface area (Å²) in [4.78, 5) is 23.2. The molecule has 0 amide bonds. The summed E-state index contributed by atoms with van der Waals surface area (Å²) in [6, 6.07) is 0. The van der Waals surface area contributed by atoms with Gasteiger partial charge in [0, 0.05) is 12.8 Å². The van der Waals surface area contributed by atoms with E-state index < -0.39 is 5.97 Å². The van der Waals surface area contributed by atoms with Crippen molar-refractivity contribution in [3.63, 3.8) is 0 Å². The van der Waals surface area contributed by atoms with Crippen LogP contribution in [0.15, 0.2) is 36.5 Å². The van der Waals surface area contributed by atoms with Crippen molar-refractivity contribution in [3.05, 3.63) is 36.5 Å². The molecule has 0 rings (SSSR count). The second-order valence-electron chi connectivity index (χ2n) is 11.0. The Labute approximate surface area is 241 Å². The Morgan fingerprint density at radius 3 is 1.74 bits per heavy atom. The van der Waals surface area contributed by atoms with Crippen molar-refractivity contribution < 1.29 is 19.4 Å². The lowest BCUT2D eigenvalue weighted by Crippen LogP contribution is -2.16. The van der Waals surface area contributed by atoms with Crippen LogP contribution in [0.5, 0.6) is 0 Å². The summed E-state index contributed by atoms with van der Waals surface area (Å²) in [5.74, 6) is -0.803. The summed E-state index contributed by atoms with van der Waals surface area (Å²) in [5, 5.41) is 8.79. The lowest BCUT2D eigenvalue weighted by atomic mass is 10.1. The van der Waals surface area contributed by atoms with Gasteiger partial charge < -0.3 is 9.84 Å². The van der Waals surface area contributed by atoms with Gasteiger partial charge in [0.2, 0.25) is 0 Å². The Balaban J connectivity index is 4.09. The molecule has 39 heavy (non-hydrogen) atoms. The van der Waals surface area contributed by atoms with E-state index in [9.17, 15) is 9.59 Å². The summed E-state index contributed by atoms with van der Waals surface area (Å²) in [5.41, 5.74) is 0. The van der Waals surface area contributed by atoms with Crippen molar-refractivity contribution in [2.45, 2.75) is 174 Å². The molecular formula is C35H62O4. The molecule has 0 spiro atoms. The fourth-order valence-electron chi connectivity index (χ4n) is 4.58. The number of unbranched alkanes of at least 4 members (excludes halogenated alkanes) is 16. The van der Waals surface area contributed by atoms with E-state index >= 15 is 0 Å². The molecule has 0 aromatic carbocycles. The van der Waals surface area contributed by atoms with Crippen molar-refractivity contribution >= 4 is 11.9 Å². The van der Waals surface area contributed by atoms with Gasteiger partial charge in [0.25, 0.3) is 0 Å². The van der Waals surface area contributed by atoms with Crippen molar-refractivity contribution in [2.24, 2.45) is 0 Å². The van der Waals surface area contributed by atoms with Gasteiger partial charge in [0.15, 0.2) is 0 Å². The minimum Gasteiger partial charge on any atom is -0.481 e. The molecule has 0 aliphatic heterocycles. The van der Waals surface area contributed by atoms with E-state index in [-0.39, 0.29) is 18.5 Å².